The van der Waals surface area contributed by atoms with E-state index in [1.807, 2.05) is 12.1 Å². The molecular weight excluding hydrogens is 240 g/mol. The third kappa shape index (κ3) is 4.79. The van der Waals surface area contributed by atoms with Crippen LogP contribution in [-0.2, 0) is 4.74 Å². The summed E-state index contributed by atoms with van der Waals surface area (Å²) in [6, 6.07) is 3.77. The largest absolute Gasteiger partial charge is 0.490 e. The van der Waals surface area contributed by atoms with E-state index in [0.29, 0.717) is 24.9 Å². The maximum atomic E-state index is 5.84. The fourth-order valence-corrected chi connectivity index (χ4v) is 1.51. The summed E-state index contributed by atoms with van der Waals surface area (Å²) < 4.78 is 10.7. The number of halogens is 1. The minimum Gasteiger partial charge on any atom is -0.490 e. The van der Waals surface area contributed by atoms with Crippen LogP contribution in [0.3, 0.4) is 0 Å². The molecular formula is C12H19ClN2O2. The van der Waals surface area contributed by atoms with Crippen molar-refractivity contribution in [2.24, 2.45) is 0 Å². The molecule has 0 saturated heterocycles. The lowest BCUT2D eigenvalue weighted by Crippen LogP contribution is -2.27. The normalized spacial score (nSPS) is 12.2. The Morgan fingerprint density at radius 2 is 2.35 bits per heavy atom. The first kappa shape index (κ1) is 14.1. The van der Waals surface area contributed by atoms with Gasteiger partial charge in [-0.05, 0) is 18.6 Å². The molecule has 1 heterocycles. The van der Waals surface area contributed by atoms with Gasteiger partial charge in [0.25, 0.3) is 0 Å². The van der Waals surface area contributed by atoms with Crippen LogP contribution in [0.15, 0.2) is 18.3 Å². The first-order chi connectivity index (χ1) is 8.31. The van der Waals surface area contributed by atoms with E-state index >= 15 is 0 Å². The molecule has 4 nitrogen and oxygen atoms in total. The van der Waals surface area contributed by atoms with Gasteiger partial charge in [0.05, 0.1) is 19.3 Å². The molecule has 0 aliphatic rings. The highest BCUT2D eigenvalue weighted by Crippen LogP contribution is 2.21. The molecule has 0 spiro atoms. The molecule has 1 rings (SSSR count). The zero-order chi connectivity index (χ0) is 12.5. The molecule has 1 aromatic heterocycles. The lowest BCUT2D eigenvalue weighted by Gasteiger charge is -2.17. The average molecular weight is 259 g/mol. The van der Waals surface area contributed by atoms with Gasteiger partial charge >= 0.3 is 0 Å². The second-order valence-corrected chi connectivity index (χ2v) is 3.96. The van der Waals surface area contributed by atoms with Crippen molar-refractivity contribution >= 4 is 17.4 Å². The zero-order valence-electron chi connectivity index (χ0n) is 10.3. The van der Waals surface area contributed by atoms with Crippen molar-refractivity contribution in [1.82, 2.24) is 4.98 Å². The molecule has 0 saturated carbocycles. The summed E-state index contributed by atoms with van der Waals surface area (Å²) in [6.07, 6.45) is 2.69. The number of hydrogen-bond acceptors (Lipinski definition) is 4. The number of alkyl halides is 1. The van der Waals surface area contributed by atoms with Gasteiger partial charge < -0.3 is 14.8 Å². The average Bonchev–Trinajstić information content (AvgIpc) is 2.37. The van der Waals surface area contributed by atoms with Crippen LogP contribution in [0.25, 0.3) is 0 Å². The summed E-state index contributed by atoms with van der Waals surface area (Å²) in [5.41, 5.74) is 0. The predicted molar refractivity (Wildman–Crippen MR) is 70.0 cm³/mol. The first-order valence-corrected chi connectivity index (χ1v) is 6.24. The van der Waals surface area contributed by atoms with Crippen molar-refractivity contribution in [2.45, 2.75) is 19.4 Å². The number of aromatic nitrogens is 1. The van der Waals surface area contributed by atoms with Crippen LogP contribution in [0.1, 0.15) is 13.3 Å². The van der Waals surface area contributed by atoms with E-state index in [2.05, 4.69) is 17.2 Å². The van der Waals surface area contributed by atoms with Gasteiger partial charge in [0.2, 0.25) is 0 Å². The van der Waals surface area contributed by atoms with E-state index in [4.69, 9.17) is 21.1 Å². The van der Waals surface area contributed by atoms with Crippen molar-refractivity contribution in [3.05, 3.63) is 18.3 Å². The van der Waals surface area contributed by atoms with Crippen molar-refractivity contribution in [2.75, 3.05) is 31.5 Å². The Balaban J connectivity index is 2.67. The van der Waals surface area contributed by atoms with Crippen LogP contribution in [-0.4, -0.2) is 37.2 Å². The van der Waals surface area contributed by atoms with E-state index < -0.39 is 0 Å². The highest BCUT2D eigenvalue weighted by Gasteiger charge is 2.11. The quantitative estimate of drug-likeness (QED) is 0.728. The van der Waals surface area contributed by atoms with Crippen LogP contribution in [0, 0.1) is 0 Å². The SMILES string of the molecule is CCCOc1cccnc1NC(CCl)COC. The Morgan fingerprint density at radius 1 is 1.53 bits per heavy atom. The van der Waals surface area contributed by atoms with E-state index in [-0.39, 0.29) is 6.04 Å². The Kier molecular flexibility index (Phi) is 6.74. The fourth-order valence-electron chi connectivity index (χ4n) is 1.35. The minimum atomic E-state index is 0.0283. The fraction of sp³-hybridized carbons (Fsp3) is 0.583. The van der Waals surface area contributed by atoms with Gasteiger partial charge in [0.1, 0.15) is 0 Å². The minimum absolute atomic E-state index is 0.0283. The highest BCUT2D eigenvalue weighted by atomic mass is 35.5. The van der Waals surface area contributed by atoms with Crippen LogP contribution in [0.2, 0.25) is 0 Å². The number of nitrogens with one attached hydrogen (secondary N) is 1. The highest BCUT2D eigenvalue weighted by molar-refractivity contribution is 6.18. The van der Waals surface area contributed by atoms with Gasteiger partial charge in [-0.1, -0.05) is 6.92 Å². The summed E-state index contributed by atoms with van der Waals surface area (Å²) in [5.74, 6) is 1.92. The van der Waals surface area contributed by atoms with Gasteiger partial charge in [-0.25, -0.2) is 4.98 Å². The molecule has 0 fully saturated rings. The summed E-state index contributed by atoms with van der Waals surface area (Å²) in [5, 5.41) is 3.21. The van der Waals surface area contributed by atoms with E-state index in [0.717, 1.165) is 12.2 Å². The molecule has 1 unspecified atom stereocenters. The molecule has 5 heteroatoms. The third-order valence-corrected chi connectivity index (χ3v) is 2.50. The van der Waals surface area contributed by atoms with E-state index in [1.165, 1.54) is 0 Å². The van der Waals surface area contributed by atoms with E-state index in [1.54, 1.807) is 13.3 Å². The maximum absolute atomic E-state index is 5.84. The van der Waals surface area contributed by atoms with Gasteiger partial charge in [0.15, 0.2) is 11.6 Å². The summed E-state index contributed by atoms with van der Waals surface area (Å²) in [4.78, 5) is 4.25. The lowest BCUT2D eigenvalue weighted by molar-refractivity contribution is 0.191. The van der Waals surface area contributed by atoms with Crippen LogP contribution < -0.4 is 10.1 Å². The Bertz CT molecular complexity index is 323. The number of anilines is 1. The first-order valence-electron chi connectivity index (χ1n) is 5.71. The third-order valence-electron chi connectivity index (χ3n) is 2.13. The van der Waals surface area contributed by atoms with Crippen LogP contribution in [0.5, 0.6) is 5.75 Å². The van der Waals surface area contributed by atoms with Gasteiger partial charge in [-0.15, -0.1) is 11.6 Å². The Morgan fingerprint density at radius 3 is 3.00 bits per heavy atom. The molecule has 1 N–H and O–H groups in total. The molecule has 0 amide bonds. The number of pyridine rings is 1. The number of nitrogens with zero attached hydrogens (tertiary/aromatic N) is 1. The van der Waals surface area contributed by atoms with Crippen molar-refractivity contribution in [3.63, 3.8) is 0 Å². The molecule has 0 radical (unpaired) electrons. The zero-order valence-corrected chi connectivity index (χ0v) is 11.0. The van der Waals surface area contributed by atoms with Gasteiger partial charge in [-0.3, -0.25) is 0 Å². The second kappa shape index (κ2) is 8.14. The standard InChI is InChI=1S/C12H19ClN2O2/c1-3-7-17-11-5-4-6-14-12(11)15-10(8-13)9-16-2/h4-6,10H,3,7-9H2,1-2H3,(H,14,15). The number of ether oxygens (including phenoxy) is 2. The summed E-state index contributed by atoms with van der Waals surface area (Å²) in [6.45, 7) is 3.28. The van der Waals surface area contributed by atoms with Crippen LogP contribution in [0.4, 0.5) is 5.82 Å². The molecule has 96 valence electrons. The van der Waals surface area contributed by atoms with Crippen molar-refractivity contribution in [3.8, 4) is 5.75 Å². The Labute approximate surface area is 107 Å². The Hall–Kier alpha value is -1.00. The molecule has 1 aromatic rings. The van der Waals surface area contributed by atoms with Gasteiger partial charge in [0, 0.05) is 19.2 Å². The van der Waals surface area contributed by atoms with E-state index in [9.17, 15) is 0 Å². The predicted octanol–water partition coefficient (Wildman–Crippen LogP) is 2.54. The number of hydrogen-bond donors (Lipinski definition) is 1. The molecule has 0 bridgehead atoms. The molecule has 1 atom stereocenters. The number of rotatable bonds is 8. The topological polar surface area (TPSA) is 43.4 Å². The second-order valence-electron chi connectivity index (χ2n) is 3.65. The lowest BCUT2D eigenvalue weighted by atomic mass is 10.3. The monoisotopic (exact) mass is 258 g/mol. The molecule has 0 aliphatic carbocycles. The molecule has 0 aliphatic heterocycles. The van der Waals surface area contributed by atoms with Crippen molar-refractivity contribution < 1.29 is 9.47 Å². The number of methoxy groups -OCH3 is 1. The van der Waals surface area contributed by atoms with Crippen molar-refractivity contribution in [1.29, 1.82) is 0 Å². The summed E-state index contributed by atoms with van der Waals surface area (Å²) in [7, 11) is 1.65. The van der Waals surface area contributed by atoms with Crippen LogP contribution >= 0.6 is 11.6 Å². The molecule has 17 heavy (non-hydrogen) atoms. The smallest absolute Gasteiger partial charge is 0.169 e. The molecule has 0 aromatic carbocycles. The van der Waals surface area contributed by atoms with Gasteiger partial charge in [-0.2, -0.15) is 0 Å². The maximum Gasteiger partial charge on any atom is 0.169 e. The summed E-state index contributed by atoms with van der Waals surface area (Å²) >= 11 is 5.84.